The van der Waals surface area contributed by atoms with Gasteiger partial charge in [-0.05, 0) is 43.9 Å². The van der Waals surface area contributed by atoms with Gasteiger partial charge < -0.3 is 25.1 Å². The van der Waals surface area contributed by atoms with E-state index in [1.807, 2.05) is 12.1 Å². The van der Waals surface area contributed by atoms with Crippen LogP contribution in [0.15, 0.2) is 42.2 Å². The van der Waals surface area contributed by atoms with Gasteiger partial charge in [-0.25, -0.2) is 0 Å². The van der Waals surface area contributed by atoms with E-state index in [4.69, 9.17) is 0 Å². The summed E-state index contributed by atoms with van der Waals surface area (Å²) in [4.78, 5) is 17.8. The van der Waals surface area contributed by atoms with E-state index in [1.165, 1.54) is 0 Å². The number of anilines is 2. The summed E-state index contributed by atoms with van der Waals surface area (Å²) in [5, 5.41) is 32.6. The van der Waals surface area contributed by atoms with Crippen LogP contribution < -0.4 is 9.80 Å². The second-order valence-electron chi connectivity index (χ2n) is 10.4. The van der Waals surface area contributed by atoms with Crippen molar-refractivity contribution in [2.45, 2.75) is 85.0 Å². The number of carbonyl (C=O) groups is 1. The molecule has 208 valence electrons. The lowest BCUT2D eigenvalue weighted by atomic mass is 9.74. The van der Waals surface area contributed by atoms with E-state index in [1.54, 1.807) is 24.3 Å². The fraction of sp³-hybridized carbons (Fsp3) is 0.531. The number of rotatable bonds is 16. The minimum Gasteiger partial charge on any atom is -0.510 e. The van der Waals surface area contributed by atoms with E-state index < -0.39 is 5.92 Å². The zero-order valence-corrected chi connectivity index (χ0v) is 23.7. The van der Waals surface area contributed by atoms with Crippen LogP contribution in [-0.4, -0.2) is 47.3 Å². The average Bonchev–Trinajstić information content (AvgIpc) is 2.91. The molecule has 3 N–H and O–H groups in total. The van der Waals surface area contributed by atoms with Crippen LogP contribution in [0.4, 0.5) is 11.4 Å². The van der Waals surface area contributed by atoms with Gasteiger partial charge in [0.05, 0.1) is 5.57 Å². The van der Waals surface area contributed by atoms with Gasteiger partial charge in [-0.2, -0.15) is 0 Å². The van der Waals surface area contributed by atoms with E-state index >= 15 is 0 Å². The lowest BCUT2D eigenvalue weighted by Crippen LogP contribution is -2.29. The Morgan fingerprint density at radius 2 is 1.11 bits per heavy atom. The molecule has 0 amide bonds. The molecule has 0 saturated heterocycles. The number of unbranched alkanes of at least 4 members (excludes halogenated alkanes) is 4. The number of aromatic hydroxyl groups is 2. The second kappa shape index (κ2) is 14.1. The molecule has 38 heavy (non-hydrogen) atoms. The molecule has 0 aliphatic heterocycles. The number of allylic oxidation sites excluding steroid dienone is 2. The van der Waals surface area contributed by atoms with Gasteiger partial charge in [0.1, 0.15) is 23.2 Å². The van der Waals surface area contributed by atoms with Crippen LogP contribution >= 0.6 is 0 Å². The highest BCUT2D eigenvalue weighted by Gasteiger charge is 2.43. The molecule has 0 fully saturated rings. The molecule has 0 spiro atoms. The van der Waals surface area contributed by atoms with Crippen molar-refractivity contribution in [1.82, 2.24) is 0 Å². The SMILES string of the molecule is CCCCN(CCCC)c1ccc(C2=C(O)C(c3ccc(N(CCCC)CCCC)cc3O)C2=O)c(O)c1. The molecule has 2 aromatic rings. The maximum Gasteiger partial charge on any atom is 0.182 e. The number of aliphatic hydroxyl groups is 1. The molecule has 3 rings (SSSR count). The highest BCUT2D eigenvalue weighted by molar-refractivity contribution is 6.32. The third kappa shape index (κ3) is 6.64. The third-order valence-electron chi connectivity index (χ3n) is 7.47. The number of nitrogens with zero attached hydrogens (tertiary/aromatic N) is 2. The van der Waals surface area contributed by atoms with Gasteiger partial charge in [-0.15, -0.1) is 0 Å². The average molecular weight is 523 g/mol. The Kier molecular flexibility index (Phi) is 10.9. The predicted octanol–water partition coefficient (Wildman–Crippen LogP) is 7.55. The molecule has 6 heteroatoms. The van der Waals surface area contributed by atoms with Crippen LogP contribution in [0.2, 0.25) is 0 Å². The first-order valence-corrected chi connectivity index (χ1v) is 14.5. The standard InChI is InChI=1S/C32H46N2O4/c1-5-9-17-33(18-10-6-2)23-13-15-25(27(35)21-23)29-31(37)30(32(29)38)26-16-14-24(22-28(26)36)34(19-11-7-3)20-12-8-4/h13-16,21-22,29,35-37H,5-12,17-20H2,1-4H3. The van der Waals surface area contributed by atoms with Crippen molar-refractivity contribution in [3.63, 3.8) is 0 Å². The van der Waals surface area contributed by atoms with Crippen LogP contribution in [-0.2, 0) is 4.79 Å². The normalized spacial score (nSPS) is 15.1. The predicted molar refractivity (Wildman–Crippen MR) is 158 cm³/mol. The first-order chi connectivity index (χ1) is 18.4. The maximum atomic E-state index is 13.2. The zero-order chi connectivity index (χ0) is 27.7. The van der Waals surface area contributed by atoms with Crippen molar-refractivity contribution in [1.29, 1.82) is 0 Å². The molecule has 0 bridgehead atoms. The highest BCUT2D eigenvalue weighted by Crippen LogP contribution is 2.48. The molecule has 1 atom stereocenters. The van der Waals surface area contributed by atoms with Crippen LogP contribution in [0, 0.1) is 0 Å². The Labute approximate surface area is 228 Å². The van der Waals surface area contributed by atoms with Gasteiger partial charge in [-0.3, -0.25) is 4.79 Å². The first kappa shape index (κ1) is 29.4. The molecule has 1 aliphatic rings. The topological polar surface area (TPSA) is 84.2 Å². The quantitative estimate of drug-likeness (QED) is 0.211. The fourth-order valence-corrected chi connectivity index (χ4v) is 5.06. The van der Waals surface area contributed by atoms with Gasteiger partial charge in [-0.1, -0.05) is 59.4 Å². The van der Waals surface area contributed by atoms with Gasteiger partial charge in [0.25, 0.3) is 0 Å². The summed E-state index contributed by atoms with van der Waals surface area (Å²) in [6.07, 6.45) is 8.63. The summed E-state index contributed by atoms with van der Waals surface area (Å²) in [5.41, 5.74) is 2.70. The first-order valence-electron chi connectivity index (χ1n) is 14.5. The van der Waals surface area contributed by atoms with Crippen molar-refractivity contribution in [3.05, 3.63) is 53.3 Å². The minimum absolute atomic E-state index is 0.00602. The van der Waals surface area contributed by atoms with Crippen LogP contribution in [0.3, 0.4) is 0 Å². The Balaban J connectivity index is 1.84. The van der Waals surface area contributed by atoms with Crippen molar-refractivity contribution in [2.75, 3.05) is 36.0 Å². The molecule has 0 aromatic heterocycles. The summed E-state index contributed by atoms with van der Waals surface area (Å²) >= 11 is 0. The number of phenols is 2. The number of benzene rings is 2. The summed E-state index contributed by atoms with van der Waals surface area (Å²) in [5.74, 6) is -1.33. The maximum absolute atomic E-state index is 13.2. The molecule has 0 saturated carbocycles. The second-order valence-corrected chi connectivity index (χ2v) is 10.4. The number of phenolic OH excluding ortho intramolecular Hbond substituents is 2. The van der Waals surface area contributed by atoms with E-state index in [0.29, 0.717) is 11.1 Å². The Morgan fingerprint density at radius 3 is 1.50 bits per heavy atom. The number of hydrogen-bond acceptors (Lipinski definition) is 6. The lowest BCUT2D eigenvalue weighted by molar-refractivity contribution is -0.116. The van der Waals surface area contributed by atoms with Crippen molar-refractivity contribution in [3.8, 4) is 11.5 Å². The number of aliphatic hydroxyl groups excluding tert-OH is 1. The van der Waals surface area contributed by atoms with Crippen LogP contribution in [0.1, 0.15) is 96.1 Å². The smallest absolute Gasteiger partial charge is 0.182 e. The number of carbonyl (C=O) groups excluding carboxylic acids is 1. The monoisotopic (exact) mass is 522 g/mol. The largest absolute Gasteiger partial charge is 0.510 e. The Hall–Kier alpha value is -3.15. The van der Waals surface area contributed by atoms with E-state index in [2.05, 4.69) is 37.5 Å². The fourth-order valence-electron chi connectivity index (χ4n) is 5.06. The van der Waals surface area contributed by atoms with E-state index in [-0.39, 0.29) is 28.6 Å². The van der Waals surface area contributed by atoms with E-state index in [0.717, 1.165) is 88.9 Å². The lowest BCUT2D eigenvalue weighted by Gasteiger charge is -2.31. The molecule has 6 nitrogen and oxygen atoms in total. The summed E-state index contributed by atoms with van der Waals surface area (Å²) < 4.78 is 0. The molecular weight excluding hydrogens is 476 g/mol. The number of hydrogen-bond donors (Lipinski definition) is 3. The van der Waals surface area contributed by atoms with Crippen molar-refractivity contribution in [2.24, 2.45) is 0 Å². The van der Waals surface area contributed by atoms with Crippen molar-refractivity contribution >= 4 is 22.7 Å². The number of ketones is 1. The summed E-state index contributed by atoms with van der Waals surface area (Å²) in [6, 6.07) is 10.7. The van der Waals surface area contributed by atoms with Crippen LogP contribution in [0.5, 0.6) is 11.5 Å². The van der Waals surface area contributed by atoms with Gasteiger partial charge >= 0.3 is 0 Å². The Bertz CT molecular complexity index is 1090. The number of Topliss-reactive ketones (excluding diaryl/α,β-unsaturated/α-hetero) is 1. The molecule has 1 unspecified atom stereocenters. The molecule has 1 aliphatic carbocycles. The highest BCUT2D eigenvalue weighted by atomic mass is 16.3. The van der Waals surface area contributed by atoms with Crippen molar-refractivity contribution < 1.29 is 20.1 Å². The minimum atomic E-state index is -0.913. The molecular formula is C32H46N2O4. The van der Waals surface area contributed by atoms with E-state index in [9.17, 15) is 20.1 Å². The summed E-state index contributed by atoms with van der Waals surface area (Å²) in [6.45, 7) is 12.3. The zero-order valence-electron chi connectivity index (χ0n) is 23.7. The Morgan fingerprint density at radius 1 is 0.658 bits per heavy atom. The summed E-state index contributed by atoms with van der Waals surface area (Å²) in [7, 11) is 0. The van der Waals surface area contributed by atoms with Gasteiger partial charge in [0.15, 0.2) is 5.78 Å². The van der Waals surface area contributed by atoms with Crippen LogP contribution in [0.25, 0.3) is 5.57 Å². The van der Waals surface area contributed by atoms with Gasteiger partial charge in [0.2, 0.25) is 0 Å². The van der Waals surface area contributed by atoms with Gasteiger partial charge in [0, 0.05) is 60.8 Å². The molecule has 0 radical (unpaired) electrons. The third-order valence-corrected chi connectivity index (χ3v) is 7.47. The molecule has 2 aromatic carbocycles. The molecule has 0 heterocycles.